The van der Waals surface area contributed by atoms with Gasteiger partial charge in [0, 0.05) is 12.2 Å². The summed E-state index contributed by atoms with van der Waals surface area (Å²) in [7, 11) is 0. The standard InChI is InChI=1S/C12H15N3O2/c1-8-3-4-11(16)10(15-8)6-13-7-12-14-5-9(2)17-12/h3-5,13,16H,6-7H2,1-2H3. The molecule has 2 heterocycles. The van der Waals surface area contributed by atoms with Crippen molar-refractivity contribution >= 4 is 0 Å². The smallest absolute Gasteiger partial charge is 0.208 e. The lowest BCUT2D eigenvalue weighted by Gasteiger charge is -2.05. The zero-order valence-electron chi connectivity index (χ0n) is 9.90. The Morgan fingerprint density at radius 2 is 2.12 bits per heavy atom. The van der Waals surface area contributed by atoms with Crippen LogP contribution in [0.3, 0.4) is 0 Å². The molecule has 0 bridgehead atoms. The van der Waals surface area contributed by atoms with Crippen molar-refractivity contribution in [1.82, 2.24) is 15.3 Å². The van der Waals surface area contributed by atoms with Crippen molar-refractivity contribution in [3.05, 3.63) is 41.4 Å². The third-order valence-electron chi connectivity index (χ3n) is 2.33. The summed E-state index contributed by atoms with van der Waals surface area (Å²) in [6.45, 7) is 4.74. The van der Waals surface area contributed by atoms with E-state index in [9.17, 15) is 5.11 Å². The van der Waals surface area contributed by atoms with Crippen LogP contribution in [-0.4, -0.2) is 15.1 Å². The van der Waals surface area contributed by atoms with Gasteiger partial charge in [-0.05, 0) is 26.0 Å². The van der Waals surface area contributed by atoms with Crippen LogP contribution in [0.1, 0.15) is 23.0 Å². The van der Waals surface area contributed by atoms with Gasteiger partial charge in [-0.2, -0.15) is 0 Å². The van der Waals surface area contributed by atoms with Crippen LogP contribution in [0.25, 0.3) is 0 Å². The van der Waals surface area contributed by atoms with Crippen LogP contribution in [0.5, 0.6) is 5.75 Å². The molecule has 2 N–H and O–H groups in total. The molecule has 17 heavy (non-hydrogen) atoms. The summed E-state index contributed by atoms with van der Waals surface area (Å²) in [5.74, 6) is 1.62. The van der Waals surface area contributed by atoms with Crippen LogP contribution < -0.4 is 5.32 Å². The van der Waals surface area contributed by atoms with Crippen molar-refractivity contribution in [2.45, 2.75) is 26.9 Å². The van der Waals surface area contributed by atoms with E-state index in [1.165, 1.54) is 0 Å². The van der Waals surface area contributed by atoms with Gasteiger partial charge in [0.05, 0.1) is 18.4 Å². The number of pyridine rings is 1. The molecule has 2 aromatic heterocycles. The molecule has 5 heteroatoms. The topological polar surface area (TPSA) is 71.2 Å². The fourth-order valence-corrected chi connectivity index (χ4v) is 1.50. The summed E-state index contributed by atoms with van der Waals surface area (Å²) in [6.07, 6.45) is 1.68. The summed E-state index contributed by atoms with van der Waals surface area (Å²) in [5.41, 5.74) is 1.51. The molecule has 90 valence electrons. The van der Waals surface area contributed by atoms with Crippen molar-refractivity contribution in [3.63, 3.8) is 0 Å². The summed E-state index contributed by atoms with van der Waals surface area (Å²) in [4.78, 5) is 8.32. The van der Waals surface area contributed by atoms with Crippen molar-refractivity contribution in [1.29, 1.82) is 0 Å². The van der Waals surface area contributed by atoms with E-state index in [0.29, 0.717) is 24.7 Å². The SMILES string of the molecule is Cc1ccc(O)c(CNCc2ncc(C)o2)n1. The second kappa shape index (κ2) is 4.97. The van der Waals surface area contributed by atoms with E-state index in [0.717, 1.165) is 11.5 Å². The summed E-state index contributed by atoms with van der Waals surface area (Å²) >= 11 is 0. The highest BCUT2D eigenvalue weighted by Crippen LogP contribution is 2.14. The molecule has 0 saturated heterocycles. The highest BCUT2D eigenvalue weighted by molar-refractivity contribution is 5.27. The summed E-state index contributed by atoms with van der Waals surface area (Å²) < 4.78 is 5.32. The van der Waals surface area contributed by atoms with Gasteiger partial charge >= 0.3 is 0 Å². The maximum atomic E-state index is 9.59. The van der Waals surface area contributed by atoms with E-state index in [-0.39, 0.29) is 5.75 Å². The Morgan fingerprint density at radius 3 is 2.82 bits per heavy atom. The maximum Gasteiger partial charge on any atom is 0.208 e. The monoisotopic (exact) mass is 233 g/mol. The highest BCUT2D eigenvalue weighted by Gasteiger charge is 2.04. The first-order valence-corrected chi connectivity index (χ1v) is 5.42. The molecule has 0 aliphatic carbocycles. The molecule has 0 spiro atoms. The zero-order valence-corrected chi connectivity index (χ0v) is 9.90. The molecule has 0 fully saturated rings. The third kappa shape index (κ3) is 3.04. The van der Waals surface area contributed by atoms with E-state index in [1.807, 2.05) is 13.8 Å². The Kier molecular flexibility index (Phi) is 3.39. The lowest BCUT2D eigenvalue weighted by molar-refractivity contribution is 0.437. The van der Waals surface area contributed by atoms with Crippen molar-refractivity contribution in [2.75, 3.05) is 0 Å². The lowest BCUT2D eigenvalue weighted by atomic mass is 10.3. The van der Waals surface area contributed by atoms with E-state index >= 15 is 0 Å². The first kappa shape index (κ1) is 11.6. The van der Waals surface area contributed by atoms with Gasteiger partial charge in [0.15, 0.2) is 0 Å². The summed E-state index contributed by atoms with van der Waals surface area (Å²) in [5, 5.41) is 12.7. The number of oxazole rings is 1. The van der Waals surface area contributed by atoms with Gasteiger partial charge in [0.2, 0.25) is 5.89 Å². The Labute approximate surface area is 99.5 Å². The van der Waals surface area contributed by atoms with E-state index in [1.54, 1.807) is 18.3 Å². The van der Waals surface area contributed by atoms with Crippen LogP contribution in [0.4, 0.5) is 0 Å². The van der Waals surface area contributed by atoms with Gasteiger partial charge in [0.1, 0.15) is 11.5 Å². The molecule has 2 rings (SSSR count). The number of aryl methyl sites for hydroxylation is 2. The number of hydrogen-bond donors (Lipinski definition) is 2. The second-order valence-electron chi connectivity index (χ2n) is 3.89. The molecule has 0 radical (unpaired) electrons. The first-order valence-electron chi connectivity index (χ1n) is 5.42. The van der Waals surface area contributed by atoms with Crippen molar-refractivity contribution in [3.8, 4) is 5.75 Å². The second-order valence-corrected chi connectivity index (χ2v) is 3.89. The van der Waals surface area contributed by atoms with Crippen LogP contribution in [0.2, 0.25) is 0 Å². The number of hydrogen-bond acceptors (Lipinski definition) is 5. The molecule has 0 atom stereocenters. The van der Waals surface area contributed by atoms with Crippen LogP contribution in [0.15, 0.2) is 22.7 Å². The molecule has 5 nitrogen and oxygen atoms in total. The lowest BCUT2D eigenvalue weighted by Crippen LogP contribution is -2.14. The van der Waals surface area contributed by atoms with Crippen molar-refractivity contribution in [2.24, 2.45) is 0 Å². The Hall–Kier alpha value is -1.88. The molecule has 0 aromatic carbocycles. The Morgan fingerprint density at radius 1 is 1.29 bits per heavy atom. The Bertz CT molecular complexity index is 508. The normalized spacial score (nSPS) is 10.7. The largest absolute Gasteiger partial charge is 0.506 e. The average Bonchev–Trinajstić information content (AvgIpc) is 2.69. The maximum absolute atomic E-state index is 9.59. The van der Waals surface area contributed by atoms with Gasteiger partial charge in [-0.15, -0.1) is 0 Å². The molecule has 0 aliphatic heterocycles. The average molecular weight is 233 g/mol. The highest BCUT2D eigenvalue weighted by atomic mass is 16.4. The van der Waals surface area contributed by atoms with Crippen LogP contribution >= 0.6 is 0 Å². The summed E-state index contributed by atoms with van der Waals surface area (Å²) in [6, 6.07) is 3.42. The molecular formula is C12H15N3O2. The van der Waals surface area contributed by atoms with Gasteiger partial charge in [-0.1, -0.05) is 0 Å². The number of nitrogens with one attached hydrogen (secondary N) is 1. The van der Waals surface area contributed by atoms with Gasteiger partial charge < -0.3 is 14.8 Å². The molecular weight excluding hydrogens is 218 g/mol. The third-order valence-corrected chi connectivity index (χ3v) is 2.33. The molecule has 0 unspecified atom stereocenters. The van der Waals surface area contributed by atoms with E-state index in [4.69, 9.17) is 4.42 Å². The fourth-order valence-electron chi connectivity index (χ4n) is 1.50. The van der Waals surface area contributed by atoms with E-state index in [2.05, 4.69) is 15.3 Å². The number of nitrogens with zero attached hydrogens (tertiary/aromatic N) is 2. The fraction of sp³-hybridized carbons (Fsp3) is 0.333. The number of aromatic hydroxyl groups is 1. The molecule has 0 amide bonds. The van der Waals surface area contributed by atoms with Gasteiger partial charge in [-0.3, -0.25) is 4.98 Å². The first-order chi connectivity index (χ1) is 8.15. The zero-order chi connectivity index (χ0) is 12.3. The number of aromatic nitrogens is 2. The minimum atomic E-state index is 0.201. The van der Waals surface area contributed by atoms with Crippen LogP contribution in [-0.2, 0) is 13.1 Å². The predicted molar refractivity (Wildman–Crippen MR) is 62.4 cm³/mol. The quantitative estimate of drug-likeness (QED) is 0.840. The molecule has 0 aliphatic rings. The Balaban J connectivity index is 1.91. The van der Waals surface area contributed by atoms with E-state index < -0.39 is 0 Å². The van der Waals surface area contributed by atoms with Crippen molar-refractivity contribution < 1.29 is 9.52 Å². The van der Waals surface area contributed by atoms with Crippen LogP contribution in [0, 0.1) is 13.8 Å². The van der Waals surface area contributed by atoms with Gasteiger partial charge in [-0.25, -0.2) is 4.98 Å². The number of rotatable bonds is 4. The minimum Gasteiger partial charge on any atom is -0.506 e. The molecule has 2 aromatic rings. The minimum absolute atomic E-state index is 0.201. The predicted octanol–water partition coefficient (Wildman–Crippen LogP) is 1.68. The van der Waals surface area contributed by atoms with Gasteiger partial charge in [0.25, 0.3) is 0 Å². The molecule has 0 saturated carbocycles.